The zero-order valence-electron chi connectivity index (χ0n) is 8.96. The van der Waals surface area contributed by atoms with Gasteiger partial charge in [0.25, 0.3) is 0 Å². The molecule has 0 unspecified atom stereocenters. The van der Waals surface area contributed by atoms with Gasteiger partial charge in [0.1, 0.15) is 5.71 Å². The second-order valence-corrected chi connectivity index (χ2v) is 3.50. The van der Waals surface area contributed by atoms with Crippen molar-refractivity contribution in [3.05, 3.63) is 65.5 Å². The monoisotopic (exact) mass is 212 g/mol. The molecule has 3 nitrogen and oxygen atoms in total. The molecule has 1 aromatic carbocycles. The number of nitrogens with zero attached hydrogens (tertiary/aromatic N) is 2. The zero-order chi connectivity index (χ0) is 11.4. The highest BCUT2D eigenvalue weighted by molar-refractivity contribution is 6.12. The van der Waals surface area contributed by atoms with Crippen molar-refractivity contribution < 1.29 is 5.21 Å². The lowest BCUT2D eigenvalue weighted by Crippen LogP contribution is -2.03. The fourth-order valence-corrected chi connectivity index (χ4v) is 1.57. The molecule has 0 aliphatic carbocycles. The summed E-state index contributed by atoms with van der Waals surface area (Å²) >= 11 is 0. The van der Waals surface area contributed by atoms with Gasteiger partial charge in [0.05, 0.1) is 0 Å². The van der Waals surface area contributed by atoms with Gasteiger partial charge in [-0.05, 0) is 19.1 Å². The van der Waals surface area contributed by atoms with E-state index in [0.29, 0.717) is 5.71 Å². The van der Waals surface area contributed by atoms with E-state index in [1.165, 1.54) is 0 Å². The first-order valence-corrected chi connectivity index (χ1v) is 5.02. The van der Waals surface area contributed by atoms with E-state index in [-0.39, 0.29) is 0 Å². The van der Waals surface area contributed by atoms with Crippen molar-refractivity contribution in [1.29, 1.82) is 0 Å². The Morgan fingerprint density at radius 1 is 1.12 bits per heavy atom. The van der Waals surface area contributed by atoms with Gasteiger partial charge in [0.2, 0.25) is 0 Å². The predicted octanol–water partition coefficient (Wildman–Crippen LogP) is 2.62. The number of oxime groups is 1. The Kier molecular flexibility index (Phi) is 2.96. The van der Waals surface area contributed by atoms with E-state index in [2.05, 4.69) is 10.1 Å². The minimum absolute atomic E-state index is 0.561. The third-order valence-corrected chi connectivity index (χ3v) is 2.32. The Morgan fingerprint density at radius 2 is 1.88 bits per heavy atom. The first-order chi connectivity index (χ1) is 7.81. The van der Waals surface area contributed by atoms with E-state index in [1.54, 1.807) is 6.20 Å². The van der Waals surface area contributed by atoms with Crippen molar-refractivity contribution in [3.8, 4) is 0 Å². The van der Waals surface area contributed by atoms with Gasteiger partial charge >= 0.3 is 0 Å². The number of hydrogen-bond acceptors (Lipinski definition) is 3. The molecule has 0 spiro atoms. The van der Waals surface area contributed by atoms with Crippen molar-refractivity contribution in [2.75, 3.05) is 0 Å². The molecule has 80 valence electrons. The highest BCUT2D eigenvalue weighted by Gasteiger charge is 2.07. The molecule has 3 heteroatoms. The molecule has 0 saturated carbocycles. The van der Waals surface area contributed by atoms with Crippen molar-refractivity contribution in [1.82, 2.24) is 4.98 Å². The molecule has 0 aliphatic rings. The summed E-state index contributed by atoms with van der Waals surface area (Å²) in [6.07, 6.45) is 1.71. The van der Waals surface area contributed by atoms with E-state index < -0.39 is 0 Å². The van der Waals surface area contributed by atoms with Gasteiger partial charge in [-0.25, -0.2) is 0 Å². The molecule has 0 aliphatic heterocycles. The summed E-state index contributed by atoms with van der Waals surface area (Å²) in [5, 5.41) is 12.4. The third kappa shape index (κ3) is 2.08. The van der Waals surface area contributed by atoms with Crippen LogP contribution in [0.25, 0.3) is 0 Å². The fourth-order valence-electron chi connectivity index (χ4n) is 1.57. The van der Waals surface area contributed by atoms with Gasteiger partial charge in [0, 0.05) is 23.0 Å². The summed E-state index contributed by atoms with van der Waals surface area (Å²) in [7, 11) is 0. The molecular weight excluding hydrogens is 200 g/mol. The van der Waals surface area contributed by atoms with Crippen molar-refractivity contribution in [2.45, 2.75) is 6.92 Å². The van der Waals surface area contributed by atoms with Crippen LogP contribution in [0.3, 0.4) is 0 Å². The minimum atomic E-state index is 0.561. The molecule has 0 radical (unpaired) electrons. The molecule has 2 rings (SSSR count). The van der Waals surface area contributed by atoms with E-state index in [9.17, 15) is 0 Å². The molecule has 0 amide bonds. The van der Waals surface area contributed by atoms with E-state index in [0.717, 1.165) is 16.8 Å². The van der Waals surface area contributed by atoms with Gasteiger partial charge in [-0.3, -0.25) is 4.98 Å². The highest BCUT2D eigenvalue weighted by atomic mass is 16.4. The minimum Gasteiger partial charge on any atom is -0.410 e. The van der Waals surface area contributed by atoms with Crippen LogP contribution in [0.1, 0.15) is 16.8 Å². The predicted molar refractivity (Wildman–Crippen MR) is 62.8 cm³/mol. The first-order valence-electron chi connectivity index (χ1n) is 5.02. The number of aryl methyl sites for hydroxylation is 1. The Bertz CT molecular complexity index is 506. The average Bonchev–Trinajstić information content (AvgIpc) is 2.31. The molecule has 16 heavy (non-hydrogen) atoms. The normalized spacial score (nSPS) is 11.4. The van der Waals surface area contributed by atoms with Gasteiger partial charge in [-0.2, -0.15) is 0 Å². The van der Waals surface area contributed by atoms with Crippen molar-refractivity contribution in [3.63, 3.8) is 0 Å². The summed E-state index contributed by atoms with van der Waals surface area (Å²) in [6, 6.07) is 13.3. The van der Waals surface area contributed by atoms with Crippen LogP contribution in [0, 0.1) is 6.92 Å². The molecule has 1 heterocycles. The van der Waals surface area contributed by atoms with Crippen molar-refractivity contribution >= 4 is 5.71 Å². The van der Waals surface area contributed by atoms with E-state index in [4.69, 9.17) is 5.21 Å². The van der Waals surface area contributed by atoms with Gasteiger partial charge in [-0.15, -0.1) is 0 Å². The van der Waals surface area contributed by atoms with Crippen molar-refractivity contribution in [2.24, 2.45) is 5.16 Å². The van der Waals surface area contributed by atoms with E-state index in [1.807, 2.05) is 49.4 Å². The van der Waals surface area contributed by atoms with Gasteiger partial charge in [0.15, 0.2) is 0 Å². The Balaban J connectivity index is 2.46. The molecule has 0 atom stereocenters. The van der Waals surface area contributed by atoms with Crippen LogP contribution in [0.4, 0.5) is 0 Å². The van der Waals surface area contributed by atoms with Crippen LogP contribution >= 0.6 is 0 Å². The lowest BCUT2D eigenvalue weighted by Gasteiger charge is -2.04. The molecular formula is C13H12N2O. The number of rotatable bonds is 2. The molecule has 1 aromatic heterocycles. The summed E-state index contributed by atoms with van der Waals surface area (Å²) in [5.74, 6) is 0. The maximum Gasteiger partial charge on any atom is 0.117 e. The third-order valence-electron chi connectivity index (χ3n) is 2.32. The molecule has 2 aromatic rings. The van der Waals surface area contributed by atoms with Gasteiger partial charge < -0.3 is 5.21 Å². The maximum atomic E-state index is 9.09. The SMILES string of the molecule is Cc1cc(/C(=N\O)c2ccccc2)ccn1. The number of pyridine rings is 1. The molecule has 1 N–H and O–H groups in total. The zero-order valence-corrected chi connectivity index (χ0v) is 8.96. The number of benzene rings is 1. The Hall–Kier alpha value is -2.16. The highest BCUT2D eigenvalue weighted by Crippen LogP contribution is 2.10. The number of aromatic nitrogens is 1. The number of hydrogen-bond donors (Lipinski definition) is 1. The van der Waals surface area contributed by atoms with Crippen LogP contribution in [-0.4, -0.2) is 15.9 Å². The Morgan fingerprint density at radius 3 is 2.50 bits per heavy atom. The largest absolute Gasteiger partial charge is 0.410 e. The second kappa shape index (κ2) is 4.57. The maximum absolute atomic E-state index is 9.09. The summed E-state index contributed by atoms with van der Waals surface area (Å²) in [6.45, 7) is 1.91. The molecule has 0 fully saturated rings. The lowest BCUT2D eigenvalue weighted by atomic mass is 10.0. The van der Waals surface area contributed by atoms with Crippen LogP contribution in [-0.2, 0) is 0 Å². The summed E-state index contributed by atoms with van der Waals surface area (Å²) in [5.41, 5.74) is 3.21. The van der Waals surface area contributed by atoms with E-state index >= 15 is 0 Å². The van der Waals surface area contributed by atoms with Crippen LogP contribution < -0.4 is 0 Å². The first kappa shape index (κ1) is 10.4. The fraction of sp³-hybridized carbons (Fsp3) is 0.0769. The molecule has 0 saturated heterocycles. The smallest absolute Gasteiger partial charge is 0.117 e. The quantitative estimate of drug-likeness (QED) is 0.472. The topological polar surface area (TPSA) is 45.5 Å². The summed E-state index contributed by atoms with van der Waals surface area (Å²) < 4.78 is 0. The molecule has 0 bridgehead atoms. The summed E-state index contributed by atoms with van der Waals surface area (Å²) in [4.78, 5) is 4.11. The lowest BCUT2D eigenvalue weighted by molar-refractivity contribution is 0.319. The van der Waals surface area contributed by atoms with Crippen LogP contribution in [0.15, 0.2) is 53.8 Å². The standard InChI is InChI=1S/C13H12N2O/c1-10-9-12(7-8-14-10)13(15-16)11-5-3-2-4-6-11/h2-9,16H,1H3/b15-13-. The average molecular weight is 212 g/mol. The van der Waals surface area contributed by atoms with Gasteiger partial charge in [-0.1, -0.05) is 35.5 Å². The Labute approximate surface area is 94.1 Å². The second-order valence-electron chi connectivity index (χ2n) is 3.50. The van der Waals surface area contributed by atoms with Crippen LogP contribution in [0.2, 0.25) is 0 Å². The van der Waals surface area contributed by atoms with Crippen LogP contribution in [0.5, 0.6) is 0 Å².